The third kappa shape index (κ3) is 41.4. The molecule has 0 aliphatic heterocycles. The van der Waals surface area contributed by atoms with Crippen LogP contribution in [0.25, 0.3) is 0 Å². The van der Waals surface area contributed by atoms with Crippen LogP contribution >= 0.6 is 7.82 Å². The summed E-state index contributed by atoms with van der Waals surface area (Å²) >= 11 is 0. The van der Waals surface area contributed by atoms with Gasteiger partial charge in [-0.25, -0.2) is 4.57 Å². The first-order valence-corrected chi connectivity index (χ1v) is 23.3. The number of allylic oxidation sites excluding steroid dienone is 10. The number of carbonyl (C=O) groups is 1. The van der Waals surface area contributed by atoms with Crippen molar-refractivity contribution in [2.45, 2.75) is 167 Å². The number of hydrogen-bond acceptors (Lipinski definition) is 7. The lowest BCUT2D eigenvalue weighted by molar-refractivity contribution is -0.870. The molecule has 56 heavy (non-hydrogen) atoms. The molecule has 0 amide bonds. The molecular formula is C46H83NO8P+. The highest BCUT2D eigenvalue weighted by atomic mass is 31.2. The molecular weight excluding hydrogens is 725 g/mol. The zero-order valence-electron chi connectivity index (χ0n) is 36.2. The molecule has 0 fully saturated rings. The lowest BCUT2D eigenvalue weighted by Crippen LogP contribution is -2.37. The van der Waals surface area contributed by atoms with Crippen molar-refractivity contribution in [3.05, 3.63) is 73.1 Å². The highest BCUT2D eigenvalue weighted by Gasteiger charge is 2.25. The fourth-order valence-corrected chi connectivity index (χ4v) is 6.11. The van der Waals surface area contributed by atoms with E-state index in [4.69, 9.17) is 18.5 Å². The van der Waals surface area contributed by atoms with Gasteiger partial charge in [-0.15, -0.1) is 0 Å². The van der Waals surface area contributed by atoms with Crippen LogP contribution in [0.15, 0.2) is 73.1 Å². The van der Waals surface area contributed by atoms with E-state index in [0.717, 1.165) is 64.2 Å². The molecule has 0 aromatic rings. The number of aliphatic hydroxyl groups is 1. The van der Waals surface area contributed by atoms with E-state index in [9.17, 15) is 19.4 Å². The van der Waals surface area contributed by atoms with Gasteiger partial charge in [0.2, 0.25) is 0 Å². The van der Waals surface area contributed by atoms with Crippen LogP contribution in [0, 0.1) is 0 Å². The largest absolute Gasteiger partial charge is 0.492 e. The molecule has 10 heteroatoms. The molecule has 0 saturated heterocycles. The van der Waals surface area contributed by atoms with Gasteiger partial charge in [0.05, 0.1) is 40.1 Å². The highest BCUT2D eigenvalue weighted by molar-refractivity contribution is 7.47. The molecule has 324 valence electrons. The minimum absolute atomic E-state index is 0.0698. The number of ether oxygens (including phenoxy) is 2. The van der Waals surface area contributed by atoms with Crippen molar-refractivity contribution in [3.8, 4) is 0 Å². The Bertz CT molecular complexity index is 1140. The lowest BCUT2D eigenvalue weighted by Gasteiger charge is -2.24. The number of rotatable bonds is 39. The second-order valence-electron chi connectivity index (χ2n) is 15.6. The number of hydrogen-bond donors (Lipinski definition) is 2. The van der Waals surface area contributed by atoms with Gasteiger partial charge in [-0.3, -0.25) is 13.8 Å². The summed E-state index contributed by atoms with van der Waals surface area (Å²) in [5, 5.41) is 9.82. The average Bonchev–Trinajstić information content (AvgIpc) is 3.15. The predicted molar refractivity (Wildman–Crippen MR) is 234 cm³/mol. The summed E-state index contributed by atoms with van der Waals surface area (Å²) in [5.41, 5.74) is 0. The highest BCUT2D eigenvalue weighted by Crippen LogP contribution is 2.43. The molecule has 9 nitrogen and oxygen atoms in total. The van der Waals surface area contributed by atoms with Crippen molar-refractivity contribution < 1.29 is 42.4 Å². The molecule has 0 spiro atoms. The van der Waals surface area contributed by atoms with Crippen molar-refractivity contribution in [1.82, 2.24) is 0 Å². The van der Waals surface area contributed by atoms with Crippen molar-refractivity contribution in [2.75, 3.05) is 47.5 Å². The Labute approximate surface area is 343 Å². The average molecular weight is 809 g/mol. The first kappa shape index (κ1) is 53.7. The van der Waals surface area contributed by atoms with E-state index in [1.54, 1.807) is 6.26 Å². The molecule has 0 bridgehead atoms. The molecule has 0 aliphatic rings. The van der Waals surface area contributed by atoms with Crippen LogP contribution in [-0.4, -0.2) is 80.2 Å². The SMILES string of the molecule is CCCCCC/C=C\CCCCCCCC/C=C/O[C@H](COC(=O)CCC/C=C\C/C=C\C/C=C\C/C=C\[C@@H](O)CCCC)COP(=O)(O)OCC[N+](C)(C)C. The van der Waals surface area contributed by atoms with E-state index in [0.29, 0.717) is 17.4 Å². The van der Waals surface area contributed by atoms with Crippen LogP contribution < -0.4 is 0 Å². The summed E-state index contributed by atoms with van der Waals surface area (Å²) in [4.78, 5) is 22.6. The molecule has 2 N–H and O–H groups in total. The first-order valence-electron chi connectivity index (χ1n) is 21.8. The van der Waals surface area contributed by atoms with E-state index < -0.39 is 13.9 Å². The zero-order valence-corrected chi connectivity index (χ0v) is 37.1. The molecule has 0 heterocycles. The standard InChI is InChI=1S/C46H82NO8P/c1-6-8-10-11-12-13-14-15-16-17-20-23-26-29-32-35-40-52-45(43-55-56(50,51)54-41-39-47(3,4)5)42-53-46(49)38-34-31-28-25-22-19-18-21-24-27-30-33-37-44(48)36-9-7-2/h13-14,18-19,24-25,27-28,33,35,37,40,44-45,48H,6-12,15-17,20-23,26,29-32,34,36,38-39,41-43H2,1-5H3/p+1/b14-13-,19-18-,27-24-,28-25-,37-33-,40-35+/t44-,45+/m0/s1. The summed E-state index contributed by atoms with van der Waals surface area (Å²) in [7, 11) is 1.61. The van der Waals surface area contributed by atoms with Gasteiger partial charge in [0.25, 0.3) is 0 Å². The summed E-state index contributed by atoms with van der Waals surface area (Å²) in [5.74, 6) is -0.349. The van der Waals surface area contributed by atoms with Crippen LogP contribution in [0.5, 0.6) is 0 Å². The molecule has 0 rings (SSSR count). The maximum atomic E-state index is 12.5. The van der Waals surface area contributed by atoms with E-state index >= 15 is 0 Å². The van der Waals surface area contributed by atoms with Crippen LogP contribution in [0.3, 0.4) is 0 Å². The zero-order chi connectivity index (χ0) is 41.4. The molecule has 0 radical (unpaired) electrons. The predicted octanol–water partition coefficient (Wildman–Crippen LogP) is 12.0. The van der Waals surface area contributed by atoms with E-state index in [1.165, 1.54) is 64.2 Å². The second-order valence-corrected chi connectivity index (χ2v) is 17.0. The number of esters is 1. The topological polar surface area (TPSA) is 112 Å². The Morgan fingerprint density at radius 1 is 0.643 bits per heavy atom. The van der Waals surface area contributed by atoms with E-state index in [-0.39, 0.29) is 38.3 Å². The third-order valence-corrected chi connectivity index (χ3v) is 9.88. The van der Waals surface area contributed by atoms with Gasteiger partial charge in [-0.2, -0.15) is 0 Å². The molecule has 1 unspecified atom stereocenters. The van der Waals surface area contributed by atoms with Gasteiger partial charge in [0.1, 0.15) is 19.8 Å². The number of phosphoric ester groups is 1. The quantitative estimate of drug-likeness (QED) is 0.0158. The molecule has 0 aromatic carbocycles. The summed E-state index contributed by atoms with van der Waals surface area (Å²) in [6, 6.07) is 0. The van der Waals surface area contributed by atoms with Crippen molar-refractivity contribution in [2.24, 2.45) is 0 Å². The Kier molecular flexibility index (Phi) is 36.7. The molecule has 0 aromatic heterocycles. The number of phosphoric acid groups is 1. The third-order valence-electron chi connectivity index (χ3n) is 8.90. The number of carbonyl (C=O) groups excluding carboxylic acids is 1. The number of aliphatic hydroxyl groups excluding tert-OH is 1. The summed E-state index contributed by atoms with van der Waals surface area (Å²) < 4.78 is 34.7. The van der Waals surface area contributed by atoms with Gasteiger partial charge >= 0.3 is 13.8 Å². The number of unbranched alkanes of at least 4 members (excludes halogenated alkanes) is 13. The Hall–Kier alpha value is -2.26. The normalized spacial score (nSPS) is 15.0. The number of nitrogens with zero attached hydrogens (tertiary/aromatic N) is 1. The van der Waals surface area contributed by atoms with Gasteiger partial charge in [0, 0.05) is 6.42 Å². The Morgan fingerprint density at radius 3 is 1.77 bits per heavy atom. The van der Waals surface area contributed by atoms with Gasteiger partial charge in [-0.05, 0) is 83.1 Å². The van der Waals surface area contributed by atoms with E-state index in [2.05, 4.69) is 62.5 Å². The smallest absolute Gasteiger partial charge is 0.472 e. The van der Waals surface area contributed by atoms with Gasteiger partial charge < -0.3 is 24.0 Å². The number of quaternary nitrogens is 1. The number of likely N-dealkylation sites (N-methyl/N-ethyl adjacent to an activating group) is 1. The second kappa shape index (κ2) is 38.3. The molecule has 0 aliphatic carbocycles. The summed E-state index contributed by atoms with van der Waals surface area (Å²) in [6.45, 7) is 4.64. The van der Waals surface area contributed by atoms with E-state index in [1.807, 2.05) is 39.4 Å². The molecule has 0 saturated carbocycles. The first-order chi connectivity index (χ1) is 27.0. The fraction of sp³-hybridized carbons (Fsp3) is 0.717. The van der Waals surface area contributed by atoms with Crippen molar-refractivity contribution in [1.29, 1.82) is 0 Å². The maximum absolute atomic E-state index is 12.5. The van der Waals surface area contributed by atoms with Crippen molar-refractivity contribution in [3.63, 3.8) is 0 Å². The van der Waals surface area contributed by atoms with Crippen LogP contribution in [-0.2, 0) is 27.9 Å². The van der Waals surface area contributed by atoms with Crippen LogP contribution in [0.2, 0.25) is 0 Å². The van der Waals surface area contributed by atoms with Gasteiger partial charge in [-0.1, -0.05) is 132 Å². The van der Waals surface area contributed by atoms with Crippen molar-refractivity contribution >= 4 is 13.8 Å². The van der Waals surface area contributed by atoms with Crippen LogP contribution in [0.1, 0.15) is 155 Å². The Morgan fingerprint density at radius 2 is 1.16 bits per heavy atom. The summed E-state index contributed by atoms with van der Waals surface area (Å²) in [6.07, 6.45) is 46.6. The minimum Gasteiger partial charge on any atom is -0.492 e. The Balaban J connectivity index is 4.44. The maximum Gasteiger partial charge on any atom is 0.472 e. The monoisotopic (exact) mass is 809 g/mol. The van der Waals surface area contributed by atoms with Gasteiger partial charge in [0.15, 0.2) is 6.10 Å². The molecule has 3 atom stereocenters. The lowest BCUT2D eigenvalue weighted by atomic mass is 10.1. The van der Waals surface area contributed by atoms with Crippen LogP contribution in [0.4, 0.5) is 0 Å². The fourth-order valence-electron chi connectivity index (χ4n) is 5.36. The minimum atomic E-state index is -4.29.